The van der Waals surface area contributed by atoms with Gasteiger partial charge in [-0.3, -0.25) is 9.69 Å². The van der Waals surface area contributed by atoms with Gasteiger partial charge >= 0.3 is 0 Å². The van der Waals surface area contributed by atoms with E-state index in [1.54, 1.807) is 7.11 Å². The molecule has 1 amide bonds. The number of rotatable bonds is 4. The van der Waals surface area contributed by atoms with E-state index < -0.39 is 5.60 Å². The van der Waals surface area contributed by atoms with Gasteiger partial charge in [-0.2, -0.15) is 0 Å². The summed E-state index contributed by atoms with van der Waals surface area (Å²) in [5.74, 6) is 1.97. The van der Waals surface area contributed by atoms with Crippen molar-refractivity contribution < 1.29 is 14.6 Å². The Morgan fingerprint density at radius 1 is 1.17 bits per heavy atom. The maximum atomic E-state index is 13.3. The fraction of sp³-hybridized carbons (Fsp3) is 0.720. The highest BCUT2D eigenvalue weighted by Crippen LogP contribution is 2.43. The summed E-state index contributed by atoms with van der Waals surface area (Å²) in [5.41, 5.74) is 0.222. The quantitative estimate of drug-likeness (QED) is 0.825. The average molecular weight is 413 g/mol. The van der Waals surface area contributed by atoms with E-state index in [2.05, 4.69) is 28.0 Å². The zero-order valence-electron chi connectivity index (χ0n) is 18.3. The van der Waals surface area contributed by atoms with E-state index in [4.69, 9.17) is 4.74 Å². The van der Waals surface area contributed by atoms with E-state index in [-0.39, 0.29) is 5.91 Å². The fourth-order valence-corrected chi connectivity index (χ4v) is 6.86. The van der Waals surface area contributed by atoms with E-state index in [0.29, 0.717) is 36.8 Å². The molecule has 1 N–H and O–H groups in total. The number of likely N-dealkylation sites (tertiary alicyclic amines) is 1. The highest BCUT2D eigenvalue weighted by molar-refractivity contribution is 5.85. The summed E-state index contributed by atoms with van der Waals surface area (Å²) in [4.78, 5) is 18.1. The predicted octanol–water partition coefficient (Wildman–Crippen LogP) is 3.24. The Bertz CT molecular complexity index is 775. The van der Waals surface area contributed by atoms with Crippen molar-refractivity contribution in [1.29, 1.82) is 0 Å². The smallest absolute Gasteiger partial charge is 0.254 e. The molecule has 1 aromatic rings. The number of carbonyl (C=O) groups is 1. The zero-order valence-corrected chi connectivity index (χ0v) is 18.3. The molecule has 5 rings (SSSR count). The molecule has 0 radical (unpaired) electrons. The number of methoxy groups -OCH3 is 1. The molecule has 3 heterocycles. The van der Waals surface area contributed by atoms with Gasteiger partial charge in [-0.05, 0) is 87.4 Å². The Morgan fingerprint density at radius 2 is 1.97 bits per heavy atom. The van der Waals surface area contributed by atoms with Crippen LogP contribution in [-0.2, 0) is 11.2 Å². The fourth-order valence-electron chi connectivity index (χ4n) is 6.86. The minimum absolute atomic E-state index is 0.0130. The van der Waals surface area contributed by atoms with Crippen molar-refractivity contribution in [3.63, 3.8) is 0 Å². The molecule has 4 fully saturated rings. The van der Waals surface area contributed by atoms with E-state index in [9.17, 15) is 9.90 Å². The lowest BCUT2D eigenvalue weighted by atomic mass is 9.70. The number of piperidine rings is 3. The normalized spacial score (nSPS) is 33.2. The Morgan fingerprint density at radius 3 is 2.77 bits per heavy atom. The van der Waals surface area contributed by atoms with E-state index >= 15 is 0 Å². The van der Waals surface area contributed by atoms with Crippen molar-refractivity contribution in [3.8, 4) is 5.75 Å². The molecule has 0 aromatic heterocycles. The SMILES string of the molecule is COc1cccc(C[C@H]2[C@H]3C[C@H](CN(C(=O)C4(O)CCCC4)C3)[C@@H]3CCCCN32)c1. The molecule has 30 heavy (non-hydrogen) atoms. The van der Waals surface area contributed by atoms with Gasteiger partial charge in [-0.25, -0.2) is 0 Å². The first-order chi connectivity index (χ1) is 14.6. The Kier molecular flexibility index (Phi) is 5.53. The molecule has 0 spiro atoms. The van der Waals surface area contributed by atoms with Crippen molar-refractivity contribution in [2.75, 3.05) is 26.7 Å². The van der Waals surface area contributed by atoms with Crippen LogP contribution in [0.4, 0.5) is 0 Å². The summed E-state index contributed by atoms with van der Waals surface area (Å²) in [6, 6.07) is 9.51. The van der Waals surface area contributed by atoms with Gasteiger partial charge in [-0.1, -0.05) is 18.6 Å². The monoisotopic (exact) mass is 412 g/mol. The maximum absolute atomic E-state index is 13.3. The molecule has 4 aliphatic rings. The largest absolute Gasteiger partial charge is 0.497 e. The zero-order chi connectivity index (χ0) is 20.7. The number of amides is 1. The molecule has 5 nitrogen and oxygen atoms in total. The van der Waals surface area contributed by atoms with Crippen LogP contribution in [0.1, 0.15) is 56.9 Å². The van der Waals surface area contributed by atoms with E-state index in [1.165, 1.54) is 37.8 Å². The first kappa shape index (κ1) is 20.3. The molecule has 1 aromatic carbocycles. The molecule has 1 aliphatic carbocycles. The Hall–Kier alpha value is -1.59. The summed E-state index contributed by atoms with van der Waals surface area (Å²) in [6.45, 7) is 2.82. The summed E-state index contributed by atoms with van der Waals surface area (Å²) in [7, 11) is 1.73. The van der Waals surface area contributed by atoms with E-state index in [1.807, 2.05) is 6.07 Å². The molecule has 1 saturated carbocycles. The lowest BCUT2D eigenvalue weighted by Crippen LogP contribution is -2.66. The average Bonchev–Trinajstić information content (AvgIpc) is 3.24. The standard InChI is InChI=1S/C25H36N2O3/c1-30-21-8-6-7-18(13-21)14-23-20-15-19(22-9-2-5-12-27(22)23)16-26(17-20)24(28)25(29)10-3-4-11-25/h6-8,13,19-20,22-23,29H,2-5,9-12,14-17H2,1H3/t19-,20+,22+,23+/m1/s1. The van der Waals surface area contributed by atoms with Gasteiger partial charge in [0.2, 0.25) is 0 Å². The van der Waals surface area contributed by atoms with Crippen LogP contribution in [0.3, 0.4) is 0 Å². The van der Waals surface area contributed by atoms with Crippen LogP contribution in [-0.4, -0.2) is 65.2 Å². The van der Waals surface area contributed by atoms with Crippen molar-refractivity contribution in [3.05, 3.63) is 29.8 Å². The van der Waals surface area contributed by atoms with Crippen LogP contribution in [0.2, 0.25) is 0 Å². The van der Waals surface area contributed by atoms with Crippen LogP contribution in [0.5, 0.6) is 5.75 Å². The van der Waals surface area contributed by atoms with Crippen LogP contribution < -0.4 is 4.74 Å². The second kappa shape index (κ2) is 8.16. The van der Waals surface area contributed by atoms with Gasteiger partial charge in [0.25, 0.3) is 5.91 Å². The molecule has 0 unspecified atom stereocenters. The van der Waals surface area contributed by atoms with Crippen LogP contribution in [0, 0.1) is 11.8 Å². The molecular weight excluding hydrogens is 376 g/mol. The van der Waals surface area contributed by atoms with Crippen LogP contribution in [0.25, 0.3) is 0 Å². The van der Waals surface area contributed by atoms with Crippen molar-refractivity contribution >= 4 is 5.91 Å². The highest BCUT2D eigenvalue weighted by Gasteiger charge is 2.50. The number of fused-ring (bicyclic) bond motifs is 4. The third kappa shape index (κ3) is 3.64. The maximum Gasteiger partial charge on any atom is 0.254 e. The highest BCUT2D eigenvalue weighted by atomic mass is 16.5. The first-order valence-electron chi connectivity index (χ1n) is 12.0. The van der Waals surface area contributed by atoms with Gasteiger partial charge in [0, 0.05) is 25.2 Å². The molecule has 2 bridgehead atoms. The van der Waals surface area contributed by atoms with Gasteiger partial charge in [0.15, 0.2) is 0 Å². The lowest BCUT2D eigenvalue weighted by Gasteiger charge is -2.57. The van der Waals surface area contributed by atoms with Crippen molar-refractivity contribution in [1.82, 2.24) is 9.80 Å². The number of hydrogen-bond donors (Lipinski definition) is 1. The number of benzene rings is 1. The summed E-state index contributed by atoms with van der Waals surface area (Å²) < 4.78 is 5.45. The van der Waals surface area contributed by atoms with Gasteiger partial charge in [0.05, 0.1) is 7.11 Å². The van der Waals surface area contributed by atoms with Gasteiger partial charge in [-0.15, -0.1) is 0 Å². The van der Waals surface area contributed by atoms with Crippen LogP contribution >= 0.6 is 0 Å². The molecule has 4 atom stereocenters. The van der Waals surface area contributed by atoms with Crippen LogP contribution in [0.15, 0.2) is 24.3 Å². The van der Waals surface area contributed by atoms with Crippen molar-refractivity contribution in [2.24, 2.45) is 11.8 Å². The molecule has 5 heteroatoms. The first-order valence-corrected chi connectivity index (χ1v) is 12.0. The minimum atomic E-state index is -1.10. The summed E-state index contributed by atoms with van der Waals surface area (Å²) in [6.07, 6.45) is 9.28. The lowest BCUT2D eigenvalue weighted by molar-refractivity contribution is -0.159. The second-order valence-electron chi connectivity index (χ2n) is 10.1. The number of aliphatic hydroxyl groups is 1. The third-order valence-electron chi connectivity index (χ3n) is 8.32. The Balaban J connectivity index is 1.39. The molecule has 3 saturated heterocycles. The number of carbonyl (C=O) groups excluding carboxylic acids is 1. The number of ether oxygens (including phenoxy) is 1. The van der Waals surface area contributed by atoms with Crippen molar-refractivity contribution in [2.45, 2.75) is 75.5 Å². The minimum Gasteiger partial charge on any atom is -0.497 e. The van der Waals surface area contributed by atoms with E-state index in [0.717, 1.165) is 38.1 Å². The summed E-state index contributed by atoms with van der Waals surface area (Å²) in [5, 5.41) is 11.0. The van der Waals surface area contributed by atoms with Gasteiger partial charge < -0.3 is 14.7 Å². The second-order valence-corrected chi connectivity index (χ2v) is 10.1. The number of hydrogen-bond acceptors (Lipinski definition) is 4. The molecule has 164 valence electrons. The van der Waals surface area contributed by atoms with Gasteiger partial charge in [0.1, 0.15) is 11.4 Å². The molecule has 3 aliphatic heterocycles. The predicted molar refractivity (Wildman–Crippen MR) is 116 cm³/mol. The third-order valence-corrected chi connectivity index (χ3v) is 8.32. The number of nitrogens with zero attached hydrogens (tertiary/aromatic N) is 2. The topological polar surface area (TPSA) is 53.0 Å². The molecular formula is C25H36N2O3. The Labute approximate surface area is 180 Å². The summed E-state index contributed by atoms with van der Waals surface area (Å²) >= 11 is 0.